The predicted molar refractivity (Wildman–Crippen MR) is 60.7 cm³/mol. The van der Waals surface area contributed by atoms with Crippen molar-refractivity contribution in [3.8, 4) is 0 Å². The molecule has 0 radical (unpaired) electrons. The van der Waals surface area contributed by atoms with Crippen molar-refractivity contribution in [3.63, 3.8) is 0 Å². The highest BCUT2D eigenvalue weighted by Gasteiger charge is 2.09. The van der Waals surface area contributed by atoms with Gasteiger partial charge in [0.2, 0.25) is 11.8 Å². The molecular formula is C11H19N3O2. The van der Waals surface area contributed by atoms with Crippen LogP contribution in [0.3, 0.4) is 0 Å². The van der Waals surface area contributed by atoms with Gasteiger partial charge in [0.1, 0.15) is 5.76 Å². The Kier molecular flexibility index (Phi) is 4.49. The number of nitrogens with two attached hydrogens (primary N) is 1. The Morgan fingerprint density at radius 3 is 2.75 bits per heavy atom. The zero-order valence-electron chi connectivity index (χ0n) is 10.0. The van der Waals surface area contributed by atoms with E-state index in [0.29, 0.717) is 18.9 Å². The minimum absolute atomic E-state index is 0.0668. The van der Waals surface area contributed by atoms with Crippen LogP contribution >= 0.6 is 0 Å². The maximum absolute atomic E-state index is 11.4. The van der Waals surface area contributed by atoms with Gasteiger partial charge in [-0.3, -0.25) is 4.79 Å². The van der Waals surface area contributed by atoms with Crippen LogP contribution in [0.5, 0.6) is 0 Å². The molecule has 1 heterocycles. The third kappa shape index (κ3) is 3.66. The van der Waals surface area contributed by atoms with Crippen LogP contribution in [0.4, 0.5) is 0 Å². The average Bonchev–Trinajstić information content (AvgIpc) is 2.55. The monoisotopic (exact) mass is 225 g/mol. The zero-order valence-corrected chi connectivity index (χ0v) is 10.0. The van der Waals surface area contributed by atoms with E-state index in [2.05, 4.69) is 10.3 Å². The second-order valence-corrected chi connectivity index (χ2v) is 3.90. The van der Waals surface area contributed by atoms with Gasteiger partial charge in [-0.2, -0.15) is 0 Å². The first-order valence-electron chi connectivity index (χ1n) is 5.48. The summed E-state index contributed by atoms with van der Waals surface area (Å²) in [6.07, 6.45) is 1.14. The van der Waals surface area contributed by atoms with Gasteiger partial charge in [0, 0.05) is 12.5 Å². The summed E-state index contributed by atoms with van der Waals surface area (Å²) in [7, 11) is 0. The molecule has 1 aromatic rings. The molecule has 0 saturated heterocycles. The van der Waals surface area contributed by atoms with Gasteiger partial charge in [-0.15, -0.1) is 0 Å². The van der Waals surface area contributed by atoms with E-state index in [1.807, 2.05) is 20.8 Å². The van der Waals surface area contributed by atoms with Crippen molar-refractivity contribution in [2.45, 2.75) is 46.2 Å². The number of aromatic nitrogens is 1. The summed E-state index contributed by atoms with van der Waals surface area (Å²) in [6, 6.07) is -0.0759. The lowest BCUT2D eigenvalue weighted by Gasteiger charge is -2.07. The van der Waals surface area contributed by atoms with E-state index in [0.717, 1.165) is 17.9 Å². The molecule has 1 rings (SSSR count). The number of carbonyl (C=O) groups excluding carboxylic acids is 1. The minimum atomic E-state index is -0.0759. The molecule has 0 aliphatic rings. The molecule has 5 heteroatoms. The van der Waals surface area contributed by atoms with Crippen LogP contribution in [-0.2, 0) is 11.3 Å². The van der Waals surface area contributed by atoms with Gasteiger partial charge in [0.05, 0.1) is 12.2 Å². The number of carbonyl (C=O) groups is 1. The number of aryl methyl sites for hydroxylation is 2. The van der Waals surface area contributed by atoms with Crippen LogP contribution < -0.4 is 11.1 Å². The van der Waals surface area contributed by atoms with Gasteiger partial charge in [-0.25, -0.2) is 4.98 Å². The fourth-order valence-electron chi connectivity index (χ4n) is 1.24. The lowest BCUT2D eigenvalue weighted by Crippen LogP contribution is -2.30. The summed E-state index contributed by atoms with van der Waals surface area (Å²) in [4.78, 5) is 15.6. The highest BCUT2D eigenvalue weighted by Crippen LogP contribution is 2.07. The molecule has 16 heavy (non-hydrogen) atoms. The maximum Gasteiger partial charge on any atom is 0.221 e. The first-order valence-corrected chi connectivity index (χ1v) is 5.48. The van der Waals surface area contributed by atoms with Crippen molar-refractivity contribution >= 4 is 5.91 Å². The predicted octanol–water partition coefficient (Wildman–Crippen LogP) is 1.04. The smallest absolute Gasteiger partial charge is 0.221 e. The van der Waals surface area contributed by atoms with Gasteiger partial charge in [0.25, 0.3) is 0 Å². The number of amides is 1. The van der Waals surface area contributed by atoms with E-state index < -0.39 is 0 Å². The molecule has 0 bridgehead atoms. The lowest BCUT2D eigenvalue weighted by molar-refractivity contribution is -0.121. The molecule has 1 aromatic heterocycles. The van der Waals surface area contributed by atoms with E-state index in [1.165, 1.54) is 0 Å². The SMILES string of the molecule is CCC(N)CC(=O)NCc1nc(C)c(C)o1. The van der Waals surface area contributed by atoms with E-state index in [4.69, 9.17) is 10.2 Å². The second kappa shape index (κ2) is 5.65. The van der Waals surface area contributed by atoms with Crippen LogP contribution in [0.1, 0.15) is 37.1 Å². The third-order valence-corrected chi connectivity index (χ3v) is 2.48. The third-order valence-electron chi connectivity index (χ3n) is 2.48. The highest BCUT2D eigenvalue weighted by molar-refractivity contribution is 5.76. The standard InChI is InChI=1S/C11H19N3O2/c1-4-9(12)5-10(15)13-6-11-14-7(2)8(3)16-11/h9H,4-6,12H2,1-3H3,(H,13,15). The van der Waals surface area contributed by atoms with Crippen molar-refractivity contribution in [2.75, 3.05) is 0 Å². The van der Waals surface area contributed by atoms with Gasteiger partial charge < -0.3 is 15.5 Å². The summed E-state index contributed by atoms with van der Waals surface area (Å²) in [5, 5.41) is 2.73. The molecule has 5 nitrogen and oxygen atoms in total. The molecular weight excluding hydrogens is 206 g/mol. The zero-order chi connectivity index (χ0) is 12.1. The Morgan fingerprint density at radius 2 is 2.25 bits per heavy atom. The molecule has 0 aromatic carbocycles. The first-order chi connectivity index (χ1) is 7.52. The number of rotatable bonds is 5. The summed E-state index contributed by atoms with van der Waals surface area (Å²) in [5.74, 6) is 1.26. The van der Waals surface area contributed by atoms with E-state index in [9.17, 15) is 4.79 Å². The second-order valence-electron chi connectivity index (χ2n) is 3.90. The van der Waals surface area contributed by atoms with Crippen LogP contribution in [0.25, 0.3) is 0 Å². The maximum atomic E-state index is 11.4. The molecule has 1 unspecified atom stereocenters. The minimum Gasteiger partial charge on any atom is -0.444 e. The molecule has 0 aliphatic carbocycles. The quantitative estimate of drug-likeness (QED) is 0.784. The molecule has 1 amide bonds. The van der Waals surface area contributed by atoms with E-state index in [-0.39, 0.29) is 11.9 Å². The molecule has 1 atom stereocenters. The Hall–Kier alpha value is -1.36. The normalized spacial score (nSPS) is 12.5. The van der Waals surface area contributed by atoms with Gasteiger partial charge in [-0.1, -0.05) is 6.92 Å². The van der Waals surface area contributed by atoms with Gasteiger partial charge >= 0.3 is 0 Å². The molecule has 0 fully saturated rings. The highest BCUT2D eigenvalue weighted by atomic mass is 16.4. The summed E-state index contributed by atoms with van der Waals surface area (Å²) in [6.45, 7) is 6.00. The van der Waals surface area contributed by atoms with Gasteiger partial charge in [0.15, 0.2) is 0 Å². The van der Waals surface area contributed by atoms with Crippen molar-refractivity contribution in [3.05, 3.63) is 17.3 Å². The summed E-state index contributed by atoms with van der Waals surface area (Å²) in [5.41, 5.74) is 6.53. The fraction of sp³-hybridized carbons (Fsp3) is 0.636. The molecule has 3 N–H and O–H groups in total. The van der Waals surface area contributed by atoms with Crippen molar-refractivity contribution in [2.24, 2.45) is 5.73 Å². The summed E-state index contributed by atoms with van der Waals surface area (Å²) >= 11 is 0. The molecule has 0 spiro atoms. The van der Waals surface area contributed by atoms with E-state index in [1.54, 1.807) is 0 Å². The van der Waals surface area contributed by atoms with Crippen molar-refractivity contribution in [1.82, 2.24) is 10.3 Å². The molecule has 0 saturated carbocycles. The Labute approximate surface area is 95.4 Å². The van der Waals surface area contributed by atoms with Crippen molar-refractivity contribution in [1.29, 1.82) is 0 Å². The number of hydrogen-bond donors (Lipinski definition) is 2. The van der Waals surface area contributed by atoms with Crippen LogP contribution in [0.2, 0.25) is 0 Å². The number of hydrogen-bond acceptors (Lipinski definition) is 4. The van der Waals surface area contributed by atoms with Crippen LogP contribution in [-0.4, -0.2) is 16.9 Å². The van der Waals surface area contributed by atoms with Crippen LogP contribution in [0.15, 0.2) is 4.42 Å². The van der Waals surface area contributed by atoms with Crippen molar-refractivity contribution < 1.29 is 9.21 Å². The first kappa shape index (κ1) is 12.7. The number of oxazole rings is 1. The average molecular weight is 225 g/mol. The molecule has 90 valence electrons. The van der Waals surface area contributed by atoms with Gasteiger partial charge in [-0.05, 0) is 20.3 Å². The Morgan fingerprint density at radius 1 is 1.56 bits per heavy atom. The number of nitrogens with zero attached hydrogens (tertiary/aromatic N) is 1. The van der Waals surface area contributed by atoms with Crippen LogP contribution in [0, 0.1) is 13.8 Å². The largest absolute Gasteiger partial charge is 0.444 e. The summed E-state index contributed by atoms with van der Waals surface area (Å²) < 4.78 is 5.34. The van der Waals surface area contributed by atoms with E-state index >= 15 is 0 Å². The molecule has 0 aliphatic heterocycles. The fourth-order valence-corrected chi connectivity index (χ4v) is 1.24. The number of nitrogens with one attached hydrogen (secondary N) is 1. The Balaban J connectivity index is 2.37. The lowest BCUT2D eigenvalue weighted by atomic mass is 10.1. The Bertz CT molecular complexity index is 341. The topological polar surface area (TPSA) is 81.2 Å².